The van der Waals surface area contributed by atoms with Gasteiger partial charge >= 0.3 is 0 Å². The molecule has 0 saturated carbocycles. The maximum Gasteiger partial charge on any atom is 0.263 e. The van der Waals surface area contributed by atoms with Gasteiger partial charge in [-0.15, -0.1) is 0 Å². The topological polar surface area (TPSA) is 107 Å². The van der Waals surface area contributed by atoms with Crippen molar-refractivity contribution in [3.8, 4) is 0 Å². The van der Waals surface area contributed by atoms with Crippen LogP contribution in [0.5, 0.6) is 0 Å². The molecule has 0 aliphatic carbocycles. The van der Waals surface area contributed by atoms with Crippen LogP contribution in [0.4, 0.5) is 5.13 Å². The van der Waals surface area contributed by atoms with Gasteiger partial charge in [0.05, 0.1) is 31.5 Å². The maximum absolute atomic E-state index is 13.2. The van der Waals surface area contributed by atoms with Gasteiger partial charge in [-0.05, 0) is 30.0 Å². The molecule has 1 saturated heterocycles. The monoisotopic (exact) mass is 479 g/mol. The highest BCUT2D eigenvalue weighted by Crippen LogP contribution is 2.26. The van der Waals surface area contributed by atoms with Crippen LogP contribution in [0.2, 0.25) is 0 Å². The number of carbonyl (C=O) groups excluding carboxylic acids is 2. The molecule has 5 rings (SSSR count). The minimum absolute atomic E-state index is 0.0304. The van der Waals surface area contributed by atoms with Crippen LogP contribution in [0.15, 0.2) is 49.3 Å². The first-order valence-electron chi connectivity index (χ1n) is 11.1. The van der Waals surface area contributed by atoms with E-state index in [2.05, 4.69) is 20.4 Å². The first-order chi connectivity index (χ1) is 16.5. The SMILES string of the molecule is Cn1cc(CC(=O)N(CC2CCCO2)c2ncc(C(=O)NCc3ccc4nccn4c3)s2)cn1. The number of nitrogens with one attached hydrogen (secondary N) is 1. The third-order valence-corrected chi connectivity index (χ3v) is 6.70. The Morgan fingerprint density at radius 3 is 2.94 bits per heavy atom. The van der Waals surface area contributed by atoms with Gasteiger partial charge in [-0.3, -0.25) is 19.2 Å². The van der Waals surface area contributed by atoms with Crippen molar-refractivity contribution in [1.29, 1.82) is 0 Å². The average molecular weight is 480 g/mol. The highest BCUT2D eigenvalue weighted by molar-refractivity contribution is 7.17. The molecule has 1 atom stereocenters. The molecule has 4 aromatic rings. The lowest BCUT2D eigenvalue weighted by Crippen LogP contribution is -2.38. The van der Waals surface area contributed by atoms with Crippen LogP contribution >= 0.6 is 11.3 Å². The Morgan fingerprint density at radius 2 is 2.15 bits per heavy atom. The van der Waals surface area contributed by atoms with Gasteiger partial charge in [0.2, 0.25) is 5.91 Å². The number of rotatable bonds is 8. The summed E-state index contributed by atoms with van der Waals surface area (Å²) in [6.07, 6.45) is 12.6. The van der Waals surface area contributed by atoms with E-state index >= 15 is 0 Å². The lowest BCUT2D eigenvalue weighted by molar-refractivity contribution is -0.118. The molecule has 0 radical (unpaired) electrons. The zero-order valence-corrected chi connectivity index (χ0v) is 19.6. The van der Waals surface area contributed by atoms with Gasteiger partial charge in [-0.25, -0.2) is 9.97 Å². The van der Waals surface area contributed by atoms with Crippen molar-refractivity contribution in [2.75, 3.05) is 18.1 Å². The molecule has 1 aliphatic rings. The van der Waals surface area contributed by atoms with Gasteiger partial charge in [-0.2, -0.15) is 5.10 Å². The van der Waals surface area contributed by atoms with Crippen molar-refractivity contribution in [2.45, 2.75) is 31.9 Å². The molecule has 34 heavy (non-hydrogen) atoms. The van der Waals surface area contributed by atoms with Crippen molar-refractivity contribution in [1.82, 2.24) is 29.5 Å². The lowest BCUT2D eigenvalue weighted by atomic mass is 10.2. The Balaban J connectivity index is 1.27. The summed E-state index contributed by atoms with van der Waals surface area (Å²) in [4.78, 5) is 36.7. The Hall–Kier alpha value is -3.57. The third kappa shape index (κ3) is 5.00. The summed E-state index contributed by atoms with van der Waals surface area (Å²) >= 11 is 1.21. The predicted molar refractivity (Wildman–Crippen MR) is 127 cm³/mol. The molecule has 0 aromatic carbocycles. The number of anilines is 1. The molecule has 176 valence electrons. The number of ether oxygens (including phenoxy) is 1. The second-order valence-corrected chi connectivity index (χ2v) is 9.27. The fourth-order valence-electron chi connectivity index (χ4n) is 3.95. The summed E-state index contributed by atoms with van der Waals surface area (Å²) in [5.74, 6) is -0.329. The minimum atomic E-state index is -0.230. The summed E-state index contributed by atoms with van der Waals surface area (Å²) in [6.45, 7) is 1.49. The smallest absolute Gasteiger partial charge is 0.263 e. The van der Waals surface area contributed by atoms with Crippen molar-refractivity contribution in [3.63, 3.8) is 0 Å². The van der Waals surface area contributed by atoms with E-state index in [1.807, 2.05) is 42.2 Å². The van der Waals surface area contributed by atoms with Crippen LogP contribution in [0.25, 0.3) is 5.65 Å². The first kappa shape index (κ1) is 22.2. The van der Waals surface area contributed by atoms with Crippen LogP contribution in [0.3, 0.4) is 0 Å². The molecule has 2 amide bonds. The van der Waals surface area contributed by atoms with E-state index in [-0.39, 0.29) is 24.3 Å². The number of hydrogen-bond donors (Lipinski definition) is 1. The molecular weight excluding hydrogens is 454 g/mol. The number of nitrogens with zero attached hydrogens (tertiary/aromatic N) is 6. The summed E-state index contributed by atoms with van der Waals surface area (Å²) < 4.78 is 9.33. The van der Waals surface area contributed by atoms with Crippen LogP contribution in [0.1, 0.15) is 33.6 Å². The predicted octanol–water partition coefficient (Wildman–Crippen LogP) is 2.21. The normalized spacial score (nSPS) is 15.6. The van der Waals surface area contributed by atoms with E-state index in [1.54, 1.807) is 22.0 Å². The Labute approximate surface area is 200 Å². The molecule has 1 fully saturated rings. The summed E-state index contributed by atoms with van der Waals surface area (Å²) in [5, 5.41) is 7.56. The van der Waals surface area contributed by atoms with Gasteiger partial charge in [0, 0.05) is 45.0 Å². The van der Waals surface area contributed by atoms with Crippen LogP contribution in [0, 0.1) is 0 Å². The Bertz CT molecular complexity index is 1300. The molecular formula is C23H25N7O3S. The number of aromatic nitrogens is 5. The van der Waals surface area contributed by atoms with Gasteiger partial charge < -0.3 is 14.5 Å². The fourth-order valence-corrected chi connectivity index (χ4v) is 4.81. The van der Waals surface area contributed by atoms with Gasteiger partial charge in [0.1, 0.15) is 10.5 Å². The number of thiazole rings is 1. The molecule has 4 aromatic heterocycles. The second kappa shape index (κ2) is 9.74. The minimum Gasteiger partial charge on any atom is -0.376 e. The average Bonchev–Trinajstić information content (AvgIpc) is 3.63. The highest BCUT2D eigenvalue weighted by Gasteiger charge is 2.27. The number of pyridine rings is 1. The van der Waals surface area contributed by atoms with E-state index in [4.69, 9.17) is 4.74 Å². The van der Waals surface area contributed by atoms with Gasteiger partial charge in [0.15, 0.2) is 5.13 Å². The largest absolute Gasteiger partial charge is 0.376 e. The van der Waals surface area contributed by atoms with E-state index in [9.17, 15) is 9.59 Å². The van der Waals surface area contributed by atoms with Crippen LogP contribution in [-0.4, -0.2) is 55.2 Å². The zero-order valence-electron chi connectivity index (χ0n) is 18.8. The van der Waals surface area contributed by atoms with Crippen LogP contribution in [-0.2, 0) is 29.5 Å². The summed E-state index contributed by atoms with van der Waals surface area (Å²) in [6, 6.07) is 3.84. The highest BCUT2D eigenvalue weighted by atomic mass is 32.1. The standard InChI is InChI=1S/C23H25N7O3S/c1-28-13-17(11-27-28)9-21(31)30(15-18-3-2-8-33-18)23-26-12-19(34-23)22(32)25-10-16-4-5-20-24-6-7-29(20)14-16/h4-7,11-14,18H,2-3,8-10,15H2,1H3,(H,25,32). The molecule has 0 bridgehead atoms. The Kier molecular flexibility index (Phi) is 6.37. The van der Waals surface area contributed by atoms with Gasteiger partial charge in [-0.1, -0.05) is 17.4 Å². The van der Waals surface area contributed by atoms with Crippen molar-refractivity contribution in [3.05, 3.63) is 65.3 Å². The third-order valence-electron chi connectivity index (χ3n) is 5.68. The van der Waals surface area contributed by atoms with Crippen molar-refractivity contribution >= 4 is 33.9 Å². The van der Waals surface area contributed by atoms with E-state index in [0.717, 1.165) is 29.6 Å². The number of hydrogen-bond acceptors (Lipinski definition) is 7. The number of amides is 2. The second-order valence-electron chi connectivity index (χ2n) is 8.26. The van der Waals surface area contributed by atoms with Gasteiger partial charge in [0.25, 0.3) is 5.91 Å². The molecule has 11 heteroatoms. The van der Waals surface area contributed by atoms with E-state index < -0.39 is 0 Å². The number of carbonyl (C=O) groups is 2. The lowest BCUT2D eigenvalue weighted by Gasteiger charge is -2.22. The number of aryl methyl sites for hydroxylation is 1. The van der Waals surface area contributed by atoms with E-state index in [0.29, 0.717) is 29.7 Å². The van der Waals surface area contributed by atoms with Crippen molar-refractivity contribution < 1.29 is 14.3 Å². The molecule has 1 unspecified atom stereocenters. The van der Waals surface area contributed by atoms with E-state index in [1.165, 1.54) is 17.5 Å². The number of imidazole rings is 1. The molecule has 1 aliphatic heterocycles. The molecule has 10 nitrogen and oxygen atoms in total. The van der Waals surface area contributed by atoms with Crippen LogP contribution < -0.4 is 10.2 Å². The molecule has 1 N–H and O–H groups in total. The summed E-state index contributed by atoms with van der Waals surface area (Å²) in [7, 11) is 1.82. The first-order valence-corrected chi connectivity index (χ1v) is 11.9. The zero-order chi connectivity index (χ0) is 23.5. The van der Waals surface area contributed by atoms with Crippen molar-refractivity contribution in [2.24, 2.45) is 7.05 Å². The number of fused-ring (bicyclic) bond motifs is 1. The maximum atomic E-state index is 13.2. The summed E-state index contributed by atoms with van der Waals surface area (Å²) in [5.41, 5.74) is 2.63. The molecule has 0 spiro atoms. The quantitative estimate of drug-likeness (QED) is 0.415. The Morgan fingerprint density at radius 1 is 1.24 bits per heavy atom. The molecule has 5 heterocycles. The fraction of sp³-hybridized carbons (Fsp3) is 0.348.